The first-order valence-corrected chi connectivity index (χ1v) is 7.47. The zero-order valence-electron chi connectivity index (χ0n) is 11.8. The Hall–Kier alpha value is -0.890. The summed E-state index contributed by atoms with van der Waals surface area (Å²) in [5, 5.41) is 3.68. The number of pyridine rings is 1. The molecular formula is C16H26N2. The van der Waals surface area contributed by atoms with Crippen molar-refractivity contribution >= 4 is 0 Å². The number of hydrogen-bond acceptors (Lipinski definition) is 2. The molecule has 0 saturated heterocycles. The fourth-order valence-corrected chi connectivity index (χ4v) is 3.01. The third kappa shape index (κ3) is 3.55. The first-order chi connectivity index (χ1) is 8.81. The number of hydrogen-bond donors (Lipinski definition) is 1. The number of nitrogens with one attached hydrogen (secondary N) is 1. The summed E-state index contributed by atoms with van der Waals surface area (Å²) in [5.74, 6) is 0.868. The van der Waals surface area contributed by atoms with Crippen LogP contribution >= 0.6 is 0 Å². The van der Waals surface area contributed by atoms with Crippen LogP contribution < -0.4 is 5.32 Å². The van der Waals surface area contributed by atoms with E-state index in [9.17, 15) is 0 Å². The van der Waals surface area contributed by atoms with Crippen LogP contribution in [0.15, 0.2) is 18.3 Å². The van der Waals surface area contributed by atoms with Crippen LogP contribution in [0.3, 0.4) is 0 Å². The van der Waals surface area contributed by atoms with Crippen molar-refractivity contribution in [3.05, 3.63) is 29.6 Å². The fourth-order valence-electron chi connectivity index (χ4n) is 3.01. The number of aromatic nitrogens is 1. The highest BCUT2D eigenvalue weighted by Crippen LogP contribution is 2.26. The Labute approximate surface area is 111 Å². The third-order valence-corrected chi connectivity index (χ3v) is 4.31. The molecule has 0 spiro atoms. The molecule has 2 rings (SSSR count). The van der Waals surface area contributed by atoms with Gasteiger partial charge in [-0.3, -0.25) is 4.98 Å². The standard InChI is InChI=1S/C16H26N2/c1-3-14-10-7-11-17-16(14)12-18-13(2)15-8-5-4-6-9-15/h7,10-11,13,15,18H,3-6,8-9,12H2,1-2H3. The summed E-state index contributed by atoms with van der Waals surface area (Å²) in [4.78, 5) is 4.50. The zero-order chi connectivity index (χ0) is 12.8. The monoisotopic (exact) mass is 246 g/mol. The molecule has 1 unspecified atom stereocenters. The second-order valence-electron chi connectivity index (χ2n) is 5.53. The largest absolute Gasteiger partial charge is 0.308 e. The second-order valence-corrected chi connectivity index (χ2v) is 5.53. The first-order valence-electron chi connectivity index (χ1n) is 7.47. The van der Waals surface area contributed by atoms with Crippen molar-refractivity contribution in [2.24, 2.45) is 5.92 Å². The minimum atomic E-state index is 0.622. The maximum Gasteiger partial charge on any atom is 0.0573 e. The minimum absolute atomic E-state index is 0.622. The van der Waals surface area contributed by atoms with E-state index in [1.807, 2.05) is 12.3 Å². The summed E-state index contributed by atoms with van der Waals surface area (Å²) < 4.78 is 0. The SMILES string of the molecule is CCc1cccnc1CNC(C)C1CCCCC1. The van der Waals surface area contributed by atoms with Crippen LogP contribution in [-0.4, -0.2) is 11.0 Å². The molecular weight excluding hydrogens is 220 g/mol. The fraction of sp³-hybridized carbons (Fsp3) is 0.688. The first kappa shape index (κ1) is 13.5. The lowest BCUT2D eigenvalue weighted by molar-refractivity contribution is 0.280. The van der Waals surface area contributed by atoms with E-state index in [1.165, 1.54) is 43.4 Å². The molecule has 1 aromatic heterocycles. The quantitative estimate of drug-likeness (QED) is 0.857. The van der Waals surface area contributed by atoms with Gasteiger partial charge in [0.2, 0.25) is 0 Å². The van der Waals surface area contributed by atoms with Crippen LogP contribution in [0, 0.1) is 5.92 Å². The Morgan fingerprint density at radius 1 is 1.33 bits per heavy atom. The molecule has 1 heterocycles. The van der Waals surface area contributed by atoms with Crippen LogP contribution in [-0.2, 0) is 13.0 Å². The summed E-state index contributed by atoms with van der Waals surface area (Å²) in [6, 6.07) is 4.85. The number of aryl methyl sites for hydroxylation is 1. The van der Waals surface area contributed by atoms with Crippen molar-refractivity contribution in [3.63, 3.8) is 0 Å². The summed E-state index contributed by atoms with van der Waals surface area (Å²) in [7, 11) is 0. The van der Waals surface area contributed by atoms with Crippen LogP contribution in [0.4, 0.5) is 0 Å². The molecule has 0 amide bonds. The van der Waals surface area contributed by atoms with E-state index in [0.717, 1.165) is 18.9 Å². The van der Waals surface area contributed by atoms with Crippen LogP contribution in [0.1, 0.15) is 57.2 Å². The molecule has 1 saturated carbocycles. The molecule has 1 atom stereocenters. The lowest BCUT2D eigenvalue weighted by atomic mass is 9.84. The van der Waals surface area contributed by atoms with Crippen LogP contribution in [0.2, 0.25) is 0 Å². The van der Waals surface area contributed by atoms with Gasteiger partial charge >= 0.3 is 0 Å². The average molecular weight is 246 g/mol. The van der Waals surface area contributed by atoms with Crippen molar-refractivity contribution < 1.29 is 0 Å². The molecule has 1 N–H and O–H groups in total. The molecule has 100 valence electrons. The molecule has 0 aliphatic heterocycles. The van der Waals surface area contributed by atoms with E-state index in [1.54, 1.807) is 0 Å². The van der Waals surface area contributed by atoms with Gasteiger partial charge in [-0.1, -0.05) is 32.3 Å². The van der Waals surface area contributed by atoms with Crippen molar-refractivity contribution in [1.29, 1.82) is 0 Å². The highest BCUT2D eigenvalue weighted by atomic mass is 14.9. The summed E-state index contributed by atoms with van der Waals surface area (Å²) in [6.07, 6.45) is 10.0. The third-order valence-electron chi connectivity index (χ3n) is 4.31. The summed E-state index contributed by atoms with van der Waals surface area (Å²) in [5.41, 5.74) is 2.60. The van der Waals surface area contributed by atoms with Gasteiger partial charge in [0.15, 0.2) is 0 Å². The maximum absolute atomic E-state index is 4.50. The Bertz CT molecular complexity index is 356. The smallest absolute Gasteiger partial charge is 0.0573 e. The zero-order valence-corrected chi connectivity index (χ0v) is 11.8. The van der Waals surface area contributed by atoms with E-state index in [-0.39, 0.29) is 0 Å². The van der Waals surface area contributed by atoms with Crippen molar-refractivity contribution in [2.45, 2.75) is 65.0 Å². The van der Waals surface area contributed by atoms with Gasteiger partial charge < -0.3 is 5.32 Å². The molecule has 2 nitrogen and oxygen atoms in total. The Balaban J connectivity index is 1.86. The Morgan fingerprint density at radius 3 is 2.83 bits per heavy atom. The van der Waals surface area contributed by atoms with Crippen molar-refractivity contribution in [1.82, 2.24) is 10.3 Å². The highest BCUT2D eigenvalue weighted by Gasteiger charge is 2.19. The number of rotatable bonds is 5. The lowest BCUT2D eigenvalue weighted by Gasteiger charge is -2.28. The lowest BCUT2D eigenvalue weighted by Crippen LogP contribution is -2.34. The van der Waals surface area contributed by atoms with Crippen LogP contribution in [0.5, 0.6) is 0 Å². The van der Waals surface area contributed by atoms with Crippen molar-refractivity contribution in [3.8, 4) is 0 Å². The molecule has 1 fully saturated rings. The van der Waals surface area contributed by atoms with Gasteiger partial charge in [0, 0.05) is 18.8 Å². The topological polar surface area (TPSA) is 24.9 Å². The van der Waals surface area contributed by atoms with E-state index in [0.29, 0.717) is 6.04 Å². The molecule has 18 heavy (non-hydrogen) atoms. The van der Waals surface area contributed by atoms with Crippen molar-refractivity contribution in [2.75, 3.05) is 0 Å². The molecule has 1 aromatic rings. The molecule has 0 radical (unpaired) electrons. The van der Waals surface area contributed by atoms with E-state index >= 15 is 0 Å². The van der Waals surface area contributed by atoms with Gasteiger partial charge in [-0.05, 0) is 43.7 Å². The van der Waals surface area contributed by atoms with Gasteiger partial charge in [-0.15, -0.1) is 0 Å². The van der Waals surface area contributed by atoms with Gasteiger partial charge in [0.1, 0.15) is 0 Å². The molecule has 0 aromatic carbocycles. The van der Waals surface area contributed by atoms with E-state index in [4.69, 9.17) is 0 Å². The summed E-state index contributed by atoms with van der Waals surface area (Å²) in [6.45, 7) is 5.46. The Kier molecular flexibility index (Phi) is 5.18. The average Bonchev–Trinajstić information content (AvgIpc) is 2.46. The van der Waals surface area contributed by atoms with Gasteiger partial charge in [0.05, 0.1) is 5.69 Å². The molecule has 1 aliphatic carbocycles. The van der Waals surface area contributed by atoms with E-state index < -0.39 is 0 Å². The van der Waals surface area contributed by atoms with Gasteiger partial charge in [0.25, 0.3) is 0 Å². The van der Waals surface area contributed by atoms with Gasteiger partial charge in [-0.25, -0.2) is 0 Å². The molecule has 0 bridgehead atoms. The Morgan fingerprint density at radius 2 is 2.11 bits per heavy atom. The van der Waals surface area contributed by atoms with Gasteiger partial charge in [-0.2, -0.15) is 0 Å². The second kappa shape index (κ2) is 6.89. The molecule has 1 aliphatic rings. The maximum atomic E-state index is 4.50. The summed E-state index contributed by atoms with van der Waals surface area (Å²) >= 11 is 0. The number of nitrogens with zero attached hydrogens (tertiary/aromatic N) is 1. The molecule has 2 heteroatoms. The van der Waals surface area contributed by atoms with Crippen LogP contribution in [0.25, 0.3) is 0 Å². The predicted octanol–water partition coefficient (Wildman–Crippen LogP) is 3.70. The minimum Gasteiger partial charge on any atom is -0.308 e. The highest BCUT2D eigenvalue weighted by molar-refractivity contribution is 5.19. The predicted molar refractivity (Wildman–Crippen MR) is 76.5 cm³/mol. The van der Waals surface area contributed by atoms with E-state index in [2.05, 4.69) is 30.2 Å². The normalized spacial score (nSPS) is 18.8.